The zero-order chi connectivity index (χ0) is 11.1. The predicted molar refractivity (Wildman–Crippen MR) is 65.1 cm³/mol. The number of nitrogens with one attached hydrogen (secondary N) is 1. The van der Waals surface area contributed by atoms with Gasteiger partial charge in [-0.25, -0.2) is 0 Å². The summed E-state index contributed by atoms with van der Waals surface area (Å²) in [5.74, 6) is 1.83. The van der Waals surface area contributed by atoms with Crippen LogP contribution in [0.1, 0.15) is 46.0 Å². The lowest BCUT2D eigenvalue weighted by atomic mass is 9.78. The molecule has 1 fully saturated rings. The van der Waals surface area contributed by atoms with Gasteiger partial charge in [-0.3, -0.25) is 0 Å². The molecule has 1 rings (SSSR count). The van der Waals surface area contributed by atoms with Gasteiger partial charge in [0.15, 0.2) is 0 Å². The molecule has 0 heterocycles. The Balaban J connectivity index is 2.24. The molecule has 90 valence electrons. The van der Waals surface area contributed by atoms with Crippen molar-refractivity contribution in [2.45, 2.75) is 52.0 Å². The molecule has 1 aliphatic rings. The summed E-state index contributed by atoms with van der Waals surface area (Å²) in [4.78, 5) is 0. The van der Waals surface area contributed by atoms with Crippen molar-refractivity contribution >= 4 is 0 Å². The summed E-state index contributed by atoms with van der Waals surface area (Å²) in [5, 5.41) is 3.47. The Bertz CT molecular complexity index is 153. The van der Waals surface area contributed by atoms with E-state index in [1.54, 1.807) is 0 Å². The molecule has 2 heteroatoms. The molecule has 0 radical (unpaired) electrons. The van der Waals surface area contributed by atoms with Crippen LogP contribution < -0.4 is 5.32 Å². The summed E-state index contributed by atoms with van der Waals surface area (Å²) in [6, 6.07) is 0.670. The van der Waals surface area contributed by atoms with E-state index in [-0.39, 0.29) is 0 Å². The Morgan fingerprint density at radius 3 is 2.47 bits per heavy atom. The minimum atomic E-state index is 0.670. The van der Waals surface area contributed by atoms with Crippen molar-refractivity contribution in [3.05, 3.63) is 0 Å². The van der Waals surface area contributed by atoms with Crippen LogP contribution in [0.4, 0.5) is 0 Å². The molecule has 1 atom stereocenters. The van der Waals surface area contributed by atoms with E-state index in [1.807, 2.05) is 0 Å². The topological polar surface area (TPSA) is 21.3 Å². The Morgan fingerprint density at radius 1 is 1.27 bits per heavy atom. The fourth-order valence-corrected chi connectivity index (χ4v) is 2.66. The molecule has 0 saturated heterocycles. The van der Waals surface area contributed by atoms with Crippen molar-refractivity contribution in [1.82, 2.24) is 5.32 Å². The van der Waals surface area contributed by atoms with Gasteiger partial charge >= 0.3 is 0 Å². The fraction of sp³-hybridized carbons (Fsp3) is 1.00. The number of rotatable bonds is 6. The minimum absolute atomic E-state index is 0.670. The molecule has 1 unspecified atom stereocenters. The van der Waals surface area contributed by atoms with Gasteiger partial charge in [-0.15, -0.1) is 0 Å². The maximum absolute atomic E-state index is 5.44. The zero-order valence-electron chi connectivity index (χ0n) is 10.6. The van der Waals surface area contributed by atoms with Gasteiger partial charge in [0, 0.05) is 19.3 Å². The molecular weight excluding hydrogens is 186 g/mol. The van der Waals surface area contributed by atoms with Crippen LogP contribution in [0.15, 0.2) is 0 Å². The van der Waals surface area contributed by atoms with Crippen molar-refractivity contribution < 1.29 is 4.74 Å². The van der Waals surface area contributed by atoms with E-state index < -0.39 is 0 Å². The summed E-state index contributed by atoms with van der Waals surface area (Å²) >= 11 is 0. The van der Waals surface area contributed by atoms with Crippen LogP contribution in [0.5, 0.6) is 0 Å². The number of ether oxygens (including phenoxy) is 1. The molecule has 0 aliphatic heterocycles. The van der Waals surface area contributed by atoms with E-state index in [0.29, 0.717) is 6.04 Å². The van der Waals surface area contributed by atoms with Crippen molar-refractivity contribution in [2.75, 3.05) is 20.3 Å². The lowest BCUT2D eigenvalue weighted by Gasteiger charge is -2.32. The summed E-state index contributed by atoms with van der Waals surface area (Å²) < 4.78 is 5.44. The highest BCUT2D eigenvalue weighted by Crippen LogP contribution is 2.31. The van der Waals surface area contributed by atoms with Crippen LogP contribution in [0, 0.1) is 11.8 Å². The van der Waals surface area contributed by atoms with Crippen molar-refractivity contribution in [1.29, 1.82) is 0 Å². The molecule has 1 saturated carbocycles. The maximum atomic E-state index is 5.44. The fourth-order valence-electron chi connectivity index (χ4n) is 2.66. The first kappa shape index (κ1) is 13.0. The SMILES string of the molecule is CCOCCC(NC)C1CCC(C)CC1. The van der Waals surface area contributed by atoms with Gasteiger partial charge in [0.1, 0.15) is 0 Å². The molecule has 0 aromatic carbocycles. The van der Waals surface area contributed by atoms with Crippen LogP contribution in [-0.4, -0.2) is 26.3 Å². The van der Waals surface area contributed by atoms with Gasteiger partial charge in [0.25, 0.3) is 0 Å². The third-order valence-corrected chi connectivity index (χ3v) is 3.78. The molecule has 1 N–H and O–H groups in total. The Morgan fingerprint density at radius 2 is 1.93 bits per heavy atom. The first-order chi connectivity index (χ1) is 7.27. The van der Waals surface area contributed by atoms with Gasteiger partial charge < -0.3 is 10.1 Å². The smallest absolute Gasteiger partial charge is 0.0480 e. The van der Waals surface area contributed by atoms with Gasteiger partial charge in [0.2, 0.25) is 0 Å². The number of hydrogen-bond donors (Lipinski definition) is 1. The standard InChI is InChI=1S/C13H27NO/c1-4-15-10-9-13(14-3)12-7-5-11(2)6-8-12/h11-14H,4-10H2,1-3H3. The second-order valence-corrected chi connectivity index (χ2v) is 4.90. The molecule has 2 nitrogen and oxygen atoms in total. The highest BCUT2D eigenvalue weighted by atomic mass is 16.5. The highest BCUT2D eigenvalue weighted by Gasteiger charge is 2.24. The summed E-state index contributed by atoms with van der Waals surface area (Å²) in [5.41, 5.74) is 0. The average molecular weight is 213 g/mol. The third-order valence-electron chi connectivity index (χ3n) is 3.78. The van der Waals surface area contributed by atoms with E-state index in [9.17, 15) is 0 Å². The second-order valence-electron chi connectivity index (χ2n) is 4.90. The Kier molecular flexibility index (Phi) is 6.26. The molecule has 0 spiro atoms. The van der Waals surface area contributed by atoms with Crippen LogP contribution in [0.3, 0.4) is 0 Å². The molecule has 1 aliphatic carbocycles. The number of hydrogen-bond acceptors (Lipinski definition) is 2. The van der Waals surface area contributed by atoms with Gasteiger partial charge in [-0.05, 0) is 45.1 Å². The minimum Gasteiger partial charge on any atom is -0.382 e. The largest absolute Gasteiger partial charge is 0.382 e. The predicted octanol–water partition coefficient (Wildman–Crippen LogP) is 2.83. The molecule has 0 bridgehead atoms. The Labute approximate surface area is 94.8 Å². The van der Waals surface area contributed by atoms with Crippen LogP contribution in [0.25, 0.3) is 0 Å². The van der Waals surface area contributed by atoms with Gasteiger partial charge in [-0.2, -0.15) is 0 Å². The molecule has 15 heavy (non-hydrogen) atoms. The van der Waals surface area contributed by atoms with Gasteiger partial charge in [0.05, 0.1) is 0 Å². The molecule has 0 aromatic rings. The second kappa shape index (κ2) is 7.24. The van der Waals surface area contributed by atoms with E-state index in [2.05, 4.69) is 26.2 Å². The van der Waals surface area contributed by atoms with Crippen molar-refractivity contribution in [2.24, 2.45) is 11.8 Å². The lowest BCUT2D eigenvalue weighted by molar-refractivity contribution is 0.121. The van der Waals surface area contributed by atoms with Gasteiger partial charge in [-0.1, -0.05) is 19.8 Å². The van der Waals surface area contributed by atoms with Crippen LogP contribution in [0.2, 0.25) is 0 Å². The summed E-state index contributed by atoms with van der Waals surface area (Å²) in [6.07, 6.45) is 6.80. The maximum Gasteiger partial charge on any atom is 0.0480 e. The zero-order valence-corrected chi connectivity index (χ0v) is 10.6. The van der Waals surface area contributed by atoms with Crippen molar-refractivity contribution in [3.8, 4) is 0 Å². The molecule has 0 amide bonds. The average Bonchev–Trinajstić information content (AvgIpc) is 2.26. The van der Waals surface area contributed by atoms with E-state index >= 15 is 0 Å². The van der Waals surface area contributed by atoms with E-state index in [1.165, 1.54) is 32.1 Å². The van der Waals surface area contributed by atoms with Crippen LogP contribution >= 0.6 is 0 Å². The highest BCUT2D eigenvalue weighted by molar-refractivity contribution is 4.80. The normalized spacial score (nSPS) is 29.0. The first-order valence-electron chi connectivity index (χ1n) is 6.53. The van der Waals surface area contributed by atoms with Crippen molar-refractivity contribution in [3.63, 3.8) is 0 Å². The van der Waals surface area contributed by atoms with Crippen LogP contribution in [-0.2, 0) is 4.74 Å². The van der Waals surface area contributed by atoms with E-state index in [4.69, 9.17) is 4.74 Å². The lowest BCUT2D eigenvalue weighted by Crippen LogP contribution is -2.36. The molecular formula is C13H27NO. The van der Waals surface area contributed by atoms with E-state index in [0.717, 1.165) is 25.0 Å². The third kappa shape index (κ3) is 4.52. The first-order valence-corrected chi connectivity index (χ1v) is 6.53. The summed E-state index contributed by atoms with van der Waals surface area (Å²) in [7, 11) is 2.09. The molecule has 0 aromatic heterocycles. The quantitative estimate of drug-likeness (QED) is 0.685. The monoisotopic (exact) mass is 213 g/mol. The summed E-state index contributed by atoms with van der Waals surface area (Å²) in [6.45, 7) is 6.20. The Hall–Kier alpha value is -0.0800.